The zero-order valence-corrected chi connectivity index (χ0v) is 23.5. The summed E-state index contributed by atoms with van der Waals surface area (Å²) in [6.45, 7) is 4.14. The van der Waals surface area contributed by atoms with E-state index in [0.29, 0.717) is 39.0 Å². The molecule has 6 rings (SSSR count). The van der Waals surface area contributed by atoms with E-state index >= 15 is 0 Å². The van der Waals surface area contributed by atoms with E-state index in [9.17, 15) is 19.5 Å². The third-order valence-corrected chi connectivity index (χ3v) is 8.85. The molecule has 11 nitrogen and oxygen atoms in total. The summed E-state index contributed by atoms with van der Waals surface area (Å²) in [6.07, 6.45) is 10.9. The Morgan fingerprint density at radius 2 is 1.78 bits per heavy atom. The van der Waals surface area contributed by atoms with Gasteiger partial charge in [0.05, 0.1) is 23.5 Å². The maximum Gasteiger partial charge on any atom is 0.250 e. The Hall–Kier alpha value is -3.57. The molecule has 1 N–H and O–H groups in total. The number of likely N-dealkylation sites (tertiary alicyclic amines) is 1. The SMILES string of the molecule is CCCN1CC=C[C@@H]2O[C@]34C=CCN(Cn5nnc6ccccc65)C(=O)C3N(CCCCCCO)C(=O)[C@@H]4[C@@H]2C1=O. The van der Waals surface area contributed by atoms with Crippen LogP contribution in [0.2, 0.25) is 0 Å². The van der Waals surface area contributed by atoms with Crippen molar-refractivity contribution in [1.29, 1.82) is 0 Å². The van der Waals surface area contributed by atoms with Gasteiger partial charge in [0.25, 0.3) is 5.91 Å². The lowest BCUT2D eigenvalue weighted by atomic mass is 9.77. The highest BCUT2D eigenvalue weighted by molar-refractivity contribution is 5.99. The van der Waals surface area contributed by atoms with Crippen LogP contribution in [0.25, 0.3) is 11.0 Å². The number of hydrogen-bond donors (Lipinski definition) is 1. The predicted octanol–water partition coefficient (Wildman–Crippen LogP) is 1.73. The Bertz CT molecular complexity index is 1370. The van der Waals surface area contributed by atoms with Crippen molar-refractivity contribution in [1.82, 2.24) is 29.7 Å². The van der Waals surface area contributed by atoms with E-state index in [4.69, 9.17) is 4.74 Å². The van der Waals surface area contributed by atoms with Crippen molar-refractivity contribution >= 4 is 28.8 Å². The second-order valence-electron chi connectivity index (χ2n) is 11.4. The summed E-state index contributed by atoms with van der Waals surface area (Å²) in [5.74, 6) is -1.97. The van der Waals surface area contributed by atoms with Crippen molar-refractivity contribution in [3.8, 4) is 0 Å². The van der Waals surface area contributed by atoms with Crippen molar-refractivity contribution < 1.29 is 24.2 Å². The van der Waals surface area contributed by atoms with Gasteiger partial charge in [0, 0.05) is 32.8 Å². The minimum Gasteiger partial charge on any atom is -0.396 e. The first-order valence-electron chi connectivity index (χ1n) is 14.8. The number of fused-ring (bicyclic) bond motifs is 3. The number of ether oxygens (including phenoxy) is 1. The number of aromatic nitrogens is 3. The van der Waals surface area contributed by atoms with Crippen LogP contribution in [0.15, 0.2) is 48.6 Å². The van der Waals surface area contributed by atoms with Gasteiger partial charge >= 0.3 is 0 Å². The normalized spacial score (nSPS) is 29.2. The Morgan fingerprint density at radius 3 is 2.61 bits per heavy atom. The molecule has 1 spiro atoms. The van der Waals surface area contributed by atoms with Gasteiger partial charge in [0.1, 0.15) is 23.8 Å². The molecule has 11 heteroatoms. The predicted molar refractivity (Wildman–Crippen MR) is 150 cm³/mol. The van der Waals surface area contributed by atoms with Crippen molar-refractivity contribution in [3.63, 3.8) is 0 Å². The number of unbranched alkanes of at least 4 members (excludes halogenated alkanes) is 3. The molecule has 218 valence electrons. The van der Waals surface area contributed by atoms with Crippen LogP contribution in [0.1, 0.15) is 39.0 Å². The quantitative estimate of drug-likeness (QED) is 0.346. The van der Waals surface area contributed by atoms with E-state index in [1.54, 1.807) is 19.4 Å². The summed E-state index contributed by atoms with van der Waals surface area (Å²) < 4.78 is 8.40. The van der Waals surface area contributed by atoms with Crippen LogP contribution in [-0.2, 0) is 25.8 Å². The highest BCUT2D eigenvalue weighted by atomic mass is 16.5. The number of benzene rings is 1. The molecule has 2 saturated heterocycles. The Kier molecular flexibility index (Phi) is 7.65. The average molecular weight is 563 g/mol. The van der Waals surface area contributed by atoms with Gasteiger partial charge in [-0.3, -0.25) is 14.4 Å². The molecule has 5 atom stereocenters. The molecule has 0 radical (unpaired) electrons. The van der Waals surface area contributed by atoms with Crippen LogP contribution in [0.4, 0.5) is 0 Å². The zero-order chi connectivity index (χ0) is 28.6. The molecule has 0 aliphatic carbocycles. The standard InChI is InChI=1S/C30H38N6O5/c1-2-15-33-16-9-13-23-24(27(33)38)25-28(39)35(18-7-3-4-8-19-37)26-29(40)34(17-10-14-30(25,26)41-23)20-36-22-12-6-5-11-21(22)31-32-36/h5-6,9-14,23-26,37H,2-4,7-8,15-20H2,1H3/t23-,24+,25-,26?,30-/m0/s1. The van der Waals surface area contributed by atoms with Gasteiger partial charge < -0.3 is 24.5 Å². The van der Waals surface area contributed by atoms with E-state index in [2.05, 4.69) is 10.3 Å². The monoisotopic (exact) mass is 562 g/mol. The molecule has 4 aliphatic heterocycles. The molecule has 0 saturated carbocycles. The molecule has 1 unspecified atom stereocenters. The molecule has 2 fully saturated rings. The molecule has 0 bridgehead atoms. The molecule has 2 aromatic rings. The van der Waals surface area contributed by atoms with Crippen LogP contribution in [0.5, 0.6) is 0 Å². The molecule has 1 aromatic carbocycles. The lowest BCUT2D eigenvalue weighted by molar-refractivity contribution is -0.149. The second kappa shape index (κ2) is 11.4. The lowest BCUT2D eigenvalue weighted by Crippen LogP contribution is -2.55. The number of amides is 3. The molecular weight excluding hydrogens is 524 g/mol. The van der Waals surface area contributed by atoms with Gasteiger partial charge in [0.15, 0.2) is 0 Å². The summed E-state index contributed by atoms with van der Waals surface area (Å²) in [7, 11) is 0. The van der Waals surface area contributed by atoms with Crippen molar-refractivity contribution in [3.05, 3.63) is 48.6 Å². The number of carbonyl (C=O) groups is 3. The summed E-state index contributed by atoms with van der Waals surface area (Å²) in [5.41, 5.74) is 0.322. The van der Waals surface area contributed by atoms with Gasteiger partial charge in [-0.1, -0.05) is 61.4 Å². The Morgan fingerprint density at radius 1 is 0.976 bits per heavy atom. The summed E-state index contributed by atoms with van der Waals surface area (Å²) >= 11 is 0. The van der Waals surface area contributed by atoms with Crippen molar-refractivity contribution in [2.75, 3.05) is 32.8 Å². The minimum atomic E-state index is -1.23. The fraction of sp³-hybridized carbons (Fsp3) is 0.567. The van der Waals surface area contributed by atoms with E-state index in [-0.39, 0.29) is 31.0 Å². The molecule has 5 heterocycles. The fourth-order valence-electron chi connectivity index (χ4n) is 7.00. The van der Waals surface area contributed by atoms with Crippen LogP contribution < -0.4 is 0 Å². The van der Waals surface area contributed by atoms with Gasteiger partial charge in [-0.15, -0.1) is 5.10 Å². The van der Waals surface area contributed by atoms with E-state index in [1.807, 2.05) is 55.5 Å². The highest BCUT2D eigenvalue weighted by Gasteiger charge is 2.71. The lowest BCUT2D eigenvalue weighted by Gasteiger charge is -2.35. The first-order chi connectivity index (χ1) is 20.0. The van der Waals surface area contributed by atoms with Crippen molar-refractivity contribution in [2.24, 2.45) is 11.8 Å². The van der Waals surface area contributed by atoms with Gasteiger partial charge in [-0.2, -0.15) is 0 Å². The van der Waals surface area contributed by atoms with Gasteiger partial charge in [0.2, 0.25) is 11.8 Å². The van der Waals surface area contributed by atoms with Crippen LogP contribution in [0, 0.1) is 11.8 Å². The van der Waals surface area contributed by atoms with E-state index in [1.165, 1.54) is 0 Å². The molecule has 41 heavy (non-hydrogen) atoms. The van der Waals surface area contributed by atoms with Gasteiger partial charge in [-0.05, 0) is 31.4 Å². The maximum atomic E-state index is 14.4. The Balaban J connectivity index is 1.35. The third kappa shape index (κ3) is 4.64. The Labute approximate surface area is 239 Å². The highest BCUT2D eigenvalue weighted by Crippen LogP contribution is 2.53. The van der Waals surface area contributed by atoms with Crippen LogP contribution in [0.3, 0.4) is 0 Å². The minimum absolute atomic E-state index is 0.0864. The number of aliphatic hydroxyl groups is 1. The second-order valence-corrected chi connectivity index (χ2v) is 11.4. The number of carbonyl (C=O) groups excluding carboxylic acids is 3. The number of rotatable bonds is 10. The average Bonchev–Trinajstić information content (AvgIpc) is 3.52. The molecule has 3 amide bonds. The van der Waals surface area contributed by atoms with E-state index < -0.39 is 29.6 Å². The zero-order valence-electron chi connectivity index (χ0n) is 23.5. The smallest absolute Gasteiger partial charge is 0.250 e. The summed E-state index contributed by atoms with van der Waals surface area (Å²) in [5, 5.41) is 17.7. The summed E-state index contributed by atoms with van der Waals surface area (Å²) in [4.78, 5) is 47.7. The van der Waals surface area contributed by atoms with Crippen molar-refractivity contribution in [2.45, 2.75) is 63.4 Å². The molecule has 4 aliphatic rings. The number of para-hydroxylation sites is 1. The fourth-order valence-corrected chi connectivity index (χ4v) is 7.00. The third-order valence-electron chi connectivity index (χ3n) is 8.85. The van der Waals surface area contributed by atoms with E-state index in [0.717, 1.165) is 30.3 Å². The summed E-state index contributed by atoms with van der Waals surface area (Å²) in [6, 6.07) is 6.70. The first-order valence-corrected chi connectivity index (χ1v) is 14.8. The van der Waals surface area contributed by atoms with Crippen LogP contribution in [-0.4, -0.2) is 103 Å². The topological polar surface area (TPSA) is 121 Å². The number of nitrogens with zero attached hydrogens (tertiary/aromatic N) is 6. The largest absolute Gasteiger partial charge is 0.396 e. The molecule has 1 aromatic heterocycles. The first kappa shape index (κ1) is 27.6. The molecular formula is C30H38N6O5. The van der Waals surface area contributed by atoms with Gasteiger partial charge in [-0.25, -0.2) is 4.68 Å². The number of hydrogen-bond acceptors (Lipinski definition) is 7. The van der Waals surface area contributed by atoms with Crippen LogP contribution >= 0.6 is 0 Å². The number of aliphatic hydroxyl groups excluding tert-OH is 1. The maximum absolute atomic E-state index is 14.4.